The van der Waals surface area contributed by atoms with Gasteiger partial charge in [-0.05, 0) is 38.0 Å². The number of guanidine groups is 1. The summed E-state index contributed by atoms with van der Waals surface area (Å²) in [5.74, 6) is 3.02. The lowest BCUT2D eigenvalue weighted by Crippen LogP contribution is -2.52. The number of hydrogen-bond acceptors (Lipinski definition) is 6. The fourth-order valence-electron chi connectivity index (χ4n) is 3.52. The molecule has 1 heterocycles. The standard InChI is InChI=1S/C22H38N4O4.HI/c1-6-23-22(24-9-8-14-30-7-2)26-12-10-25(11-13-26)17-18-15-19(27-3)21(29-5)20(16-18)28-4;/h15-16H,6-14,17H2,1-5H3,(H,23,24);1H. The molecule has 0 saturated carbocycles. The van der Waals surface area contributed by atoms with Gasteiger partial charge in [-0.3, -0.25) is 9.89 Å². The minimum absolute atomic E-state index is 0. The van der Waals surface area contributed by atoms with Crippen molar-refractivity contribution in [2.24, 2.45) is 4.99 Å². The van der Waals surface area contributed by atoms with Crippen LogP contribution in [0.15, 0.2) is 17.1 Å². The second-order valence-corrected chi connectivity index (χ2v) is 7.08. The maximum absolute atomic E-state index is 5.48. The van der Waals surface area contributed by atoms with Crippen LogP contribution in [0.4, 0.5) is 0 Å². The Morgan fingerprint density at radius 1 is 1.00 bits per heavy atom. The molecule has 0 atom stereocenters. The van der Waals surface area contributed by atoms with Crippen molar-refractivity contribution in [2.75, 3.05) is 73.8 Å². The van der Waals surface area contributed by atoms with E-state index >= 15 is 0 Å². The van der Waals surface area contributed by atoms with Crippen LogP contribution in [0, 0.1) is 0 Å². The lowest BCUT2D eigenvalue weighted by molar-refractivity contribution is 0.146. The van der Waals surface area contributed by atoms with Crippen LogP contribution in [0.25, 0.3) is 0 Å². The molecule has 0 aliphatic carbocycles. The van der Waals surface area contributed by atoms with Crippen molar-refractivity contribution in [3.8, 4) is 17.2 Å². The fourth-order valence-corrected chi connectivity index (χ4v) is 3.52. The highest BCUT2D eigenvalue weighted by Gasteiger charge is 2.21. The number of rotatable bonds is 11. The van der Waals surface area contributed by atoms with Crippen molar-refractivity contribution in [1.82, 2.24) is 15.1 Å². The normalized spacial score (nSPS) is 14.7. The summed E-state index contributed by atoms with van der Waals surface area (Å²) in [6.45, 7) is 12.0. The highest BCUT2D eigenvalue weighted by atomic mass is 127. The molecular weight excluding hydrogens is 511 g/mol. The quantitative estimate of drug-likeness (QED) is 0.197. The molecule has 31 heavy (non-hydrogen) atoms. The van der Waals surface area contributed by atoms with E-state index in [9.17, 15) is 0 Å². The number of ether oxygens (including phenoxy) is 4. The molecule has 1 N–H and O–H groups in total. The van der Waals surface area contributed by atoms with E-state index in [1.54, 1.807) is 21.3 Å². The first-order valence-corrected chi connectivity index (χ1v) is 10.8. The van der Waals surface area contributed by atoms with Gasteiger partial charge in [-0.15, -0.1) is 24.0 Å². The van der Waals surface area contributed by atoms with Gasteiger partial charge in [0, 0.05) is 59.0 Å². The molecule has 8 nitrogen and oxygen atoms in total. The van der Waals surface area contributed by atoms with Gasteiger partial charge in [-0.25, -0.2) is 0 Å². The number of nitrogens with zero attached hydrogens (tertiary/aromatic N) is 3. The van der Waals surface area contributed by atoms with Crippen LogP contribution in [0.5, 0.6) is 17.2 Å². The van der Waals surface area contributed by atoms with Crippen molar-refractivity contribution >= 4 is 29.9 Å². The van der Waals surface area contributed by atoms with Gasteiger partial charge in [0.15, 0.2) is 17.5 Å². The van der Waals surface area contributed by atoms with Gasteiger partial charge in [0.25, 0.3) is 0 Å². The van der Waals surface area contributed by atoms with Gasteiger partial charge >= 0.3 is 0 Å². The average Bonchev–Trinajstić information content (AvgIpc) is 2.78. The summed E-state index contributed by atoms with van der Waals surface area (Å²) < 4.78 is 21.8. The molecule has 0 radical (unpaired) electrons. The van der Waals surface area contributed by atoms with Crippen molar-refractivity contribution in [1.29, 1.82) is 0 Å². The van der Waals surface area contributed by atoms with Crippen molar-refractivity contribution in [3.63, 3.8) is 0 Å². The molecule has 0 amide bonds. The van der Waals surface area contributed by atoms with E-state index in [1.807, 2.05) is 19.1 Å². The third-order valence-electron chi connectivity index (χ3n) is 5.05. The van der Waals surface area contributed by atoms with E-state index < -0.39 is 0 Å². The topological polar surface area (TPSA) is 67.8 Å². The molecule has 1 aliphatic heterocycles. The molecule has 1 saturated heterocycles. The maximum Gasteiger partial charge on any atom is 0.203 e. The highest BCUT2D eigenvalue weighted by Crippen LogP contribution is 2.38. The summed E-state index contributed by atoms with van der Waals surface area (Å²) in [6, 6.07) is 4.05. The second kappa shape index (κ2) is 15.4. The highest BCUT2D eigenvalue weighted by molar-refractivity contribution is 14.0. The summed E-state index contributed by atoms with van der Waals surface area (Å²) in [7, 11) is 4.92. The van der Waals surface area contributed by atoms with Crippen LogP contribution in [0.2, 0.25) is 0 Å². The van der Waals surface area contributed by atoms with Crippen molar-refractivity contribution < 1.29 is 18.9 Å². The van der Waals surface area contributed by atoms with E-state index in [-0.39, 0.29) is 24.0 Å². The van der Waals surface area contributed by atoms with E-state index in [1.165, 1.54) is 0 Å². The van der Waals surface area contributed by atoms with Gasteiger partial charge in [-0.2, -0.15) is 0 Å². The van der Waals surface area contributed by atoms with Gasteiger partial charge in [0.2, 0.25) is 5.75 Å². The van der Waals surface area contributed by atoms with Crippen LogP contribution in [0.3, 0.4) is 0 Å². The number of benzene rings is 1. The third kappa shape index (κ3) is 8.53. The van der Waals surface area contributed by atoms with Gasteiger partial charge in [0.05, 0.1) is 21.3 Å². The summed E-state index contributed by atoms with van der Waals surface area (Å²) in [5.41, 5.74) is 1.15. The zero-order valence-electron chi connectivity index (χ0n) is 19.6. The molecule has 0 aromatic heterocycles. The Morgan fingerprint density at radius 2 is 1.65 bits per heavy atom. The summed E-state index contributed by atoms with van der Waals surface area (Å²) in [4.78, 5) is 9.55. The smallest absolute Gasteiger partial charge is 0.203 e. The molecule has 1 aliphatic rings. The Kier molecular flexibility index (Phi) is 13.7. The van der Waals surface area contributed by atoms with Gasteiger partial charge < -0.3 is 29.2 Å². The zero-order valence-corrected chi connectivity index (χ0v) is 21.9. The summed E-state index contributed by atoms with van der Waals surface area (Å²) in [5, 5.41) is 3.42. The first kappa shape index (κ1) is 27.6. The largest absolute Gasteiger partial charge is 0.493 e. The minimum Gasteiger partial charge on any atom is -0.493 e. The first-order valence-electron chi connectivity index (χ1n) is 10.8. The fraction of sp³-hybridized carbons (Fsp3) is 0.682. The number of methoxy groups -OCH3 is 3. The second-order valence-electron chi connectivity index (χ2n) is 7.08. The molecule has 2 rings (SSSR count). The van der Waals surface area contributed by atoms with Crippen molar-refractivity contribution in [2.45, 2.75) is 26.8 Å². The van der Waals surface area contributed by atoms with E-state index in [0.717, 1.165) is 77.0 Å². The molecule has 1 aromatic carbocycles. The maximum atomic E-state index is 5.48. The number of nitrogens with one attached hydrogen (secondary N) is 1. The third-order valence-corrected chi connectivity index (χ3v) is 5.05. The predicted octanol–water partition coefficient (Wildman–Crippen LogP) is 2.84. The average molecular weight is 550 g/mol. The molecule has 0 spiro atoms. The lowest BCUT2D eigenvalue weighted by atomic mass is 10.1. The molecule has 1 fully saturated rings. The van der Waals surface area contributed by atoms with Crippen LogP contribution < -0.4 is 19.5 Å². The van der Waals surface area contributed by atoms with Crippen LogP contribution in [-0.4, -0.2) is 89.6 Å². The molecule has 1 aromatic rings. The number of hydrogen-bond donors (Lipinski definition) is 1. The van der Waals surface area contributed by atoms with Crippen LogP contribution in [-0.2, 0) is 11.3 Å². The monoisotopic (exact) mass is 550 g/mol. The van der Waals surface area contributed by atoms with Crippen molar-refractivity contribution in [3.05, 3.63) is 17.7 Å². The number of aliphatic imine (C=N–C) groups is 1. The molecule has 9 heteroatoms. The SMILES string of the molecule is CCNC(=NCCCOCC)N1CCN(Cc2cc(OC)c(OC)c(OC)c2)CC1.I. The Hall–Kier alpha value is -1.46. The Bertz CT molecular complexity index is 642. The molecule has 0 unspecified atom stereocenters. The van der Waals surface area contributed by atoms with E-state index in [4.69, 9.17) is 23.9 Å². The van der Waals surface area contributed by atoms with Crippen LogP contribution in [0.1, 0.15) is 25.8 Å². The van der Waals surface area contributed by atoms with E-state index in [2.05, 4.69) is 22.0 Å². The molecule has 178 valence electrons. The Morgan fingerprint density at radius 3 is 2.16 bits per heavy atom. The molecule has 0 bridgehead atoms. The lowest BCUT2D eigenvalue weighted by Gasteiger charge is -2.36. The van der Waals surface area contributed by atoms with E-state index in [0.29, 0.717) is 17.2 Å². The number of piperazine rings is 1. The molecular formula is C22H39IN4O4. The predicted molar refractivity (Wildman–Crippen MR) is 135 cm³/mol. The number of halogens is 1. The summed E-state index contributed by atoms with van der Waals surface area (Å²) >= 11 is 0. The Balaban J connectivity index is 0.00000480. The first-order chi connectivity index (χ1) is 14.7. The van der Waals surface area contributed by atoms with Gasteiger partial charge in [0.1, 0.15) is 0 Å². The van der Waals surface area contributed by atoms with Crippen LogP contribution >= 0.6 is 24.0 Å². The summed E-state index contributed by atoms with van der Waals surface area (Å²) in [6.07, 6.45) is 0.948. The zero-order chi connectivity index (χ0) is 21.8. The van der Waals surface area contributed by atoms with Gasteiger partial charge in [-0.1, -0.05) is 0 Å². The minimum atomic E-state index is 0. The Labute approximate surface area is 204 Å².